The summed E-state index contributed by atoms with van der Waals surface area (Å²) in [5.41, 5.74) is 6.79. The van der Waals surface area contributed by atoms with E-state index in [-0.39, 0.29) is 23.2 Å². The number of rotatable bonds is 4. The molecule has 5 heteroatoms. The maximum Gasteiger partial charge on any atom is 0.238 e. The number of hydrogen-bond donors (Lipinski definition) is 0. The molecule has 1 unspecified atom stereocenters. The van der Waals surface area contributed by atoms with Crippen molar-refractivity contribution in [3.8, 4) is 0 Å². The van der Waals surface area contributed by atoms with Crippen LogP contribution in [0.3, 0.4) is 0 Å². The number of benzene rings is 1. The largest absolute Gasteiger partial charge is 0.334 e. The standard InChI is InChI=1S/C22H28ClN3O/c1-22(2)9-8-16-10-15(4-7-19(16)22)13-26(21(27)12-23)18-6-5-17-14-25(3)24-20(17)11-18/h4,7,10,14,18H,5-6,8-9,11-13H2,1-3H3. The molecule has 0 aliphatic heterocycles. The summed E-state index contributed by atoms with van der Waals surface area (Å²) < 4.78 is 1.88. The molecule has 1 atom stereocenters. The van der Waals surface area contributed by atoms with E-state index in [4.69, 9.17) is 11.6 Å². The van der Waals surface area contributed by atoms with Crippen LogP contribution in [0.4, 0.5) is 0 Å². The first-order valence-electron chi connectivity index (χ1n) is 9.86. The molecule has 0 saturated heterocycles. The van der Waals surface area contributed by atoms with E-state index >= 15 is 0 Å². The summed E-state index contributed by atoms with van der Waals surface area (Å²) in [7, 11) is 1.96. The highest BCUT2D eigenvalue weighted by molar-refractivity contribution is 6.27. The molecular formula is C22H28ClN3O. The fourth-order valence-corrected chi connectivity index (χ4v) is 4.92. The summed E-state index contributed by atoms with van der Waals surface area (Å²) in [6, 6.07) is 6.92. The smallest absolute Gasteiger partial charge is 0.238 e. The van der Waals surface area contributed by atoms with Crippen molar-refractivity contribution in [3.63, 3.8) is 0 Å². The van der Waals surface area contributed by atoms with Crippen molar-refractivity contribution in [2.24, 2.45) is 7.05 Å². The van der Waals surface area contributed by atoms with E-state index in [0.29, 0.717) is 6.54 Å². The molecule has 0 N–H and O–H groups in total. The minimum Gasteiger partial charge on any atom is -0.334 e. The number of amides is 1. The van der Waals surface area contributed by atoms with Crippen LogP contribution in [0.25, 0.3) is 0 Å². The van der Waals surface area contributed by atoms with Crippen LogP contribution in [0, 0.1) is 0 Å². The number of nitrogens with zero attached hydrogens (tertiary/aromatic N) is 3. The molecule has 2 aliphatic rings. The van der Waals surface area contributed by atoms with Gasteiger partial charge in [0.1, 0.15) is 5.88 Å². The molecule has 0 radical (unpaired) electrons. The second-order valence-corrected chi connectivity index (χ2v) is 8.97. The molecule has 0 spiro atoms. The zero-order chi connectivity index (χ0) is 19.2. The first kappa shape index (κ1) is 18.5. The first-order valence-corrected chi connectivity index (χ1v) is 10.4. The Balaban J connectivity index is 1.56. The number of halogens is 1. The molecule has 0 fully saturated rings. The van der Waals surface area contributed by atoms with Crippen molar-refractivity contribution in [2.45, 2.75) is 64.0 Å². The van der Waals surface area contributed by atoms with E-state index in [1.165, 1.54) is 28.7 Å². The highest BCUT2D eigenvalue weighted by atomic mass is 35.5. The zero-order valence-electron chi connectivity index (χ0n) is 16.5. The number of aryl methyl sites for hydroxylation is 3. The fraction of sp³-hybridized carbons (Fsp3) is 0.545. The van der Waals surface area contributed by atoms with Gasteiger partial charge in [0.15, 0.2) is 0 Å². The van der Waals surface area contributed by atoms with Gasteiger partial charge in [-0.15, -0.1) is 11.6 Å². The number of alkyl halides is 1. The lowest BCUT2D eigenvalue weighted by Crippen LogP contribution is -2.43. The zero-order valence-corrected chi connectivity index (χ0v) is 17.2. The van der Waals surface area contributed by atoms with E-state index in [1.54, 1.807) is 0 Å². The lowest BCUT2D eigenvalue weighted by molar-refractivity contribution is -0.131. The van der Waals surface area contributed by atoms with Gasteiger partial charge in [-0.2, -0.15) is 5.10 Å². The second-order valence-electron chi connectivity index (χ2n) is 8.70. The van der Waals surface area contributed by atoms with E-state index in [0.717, 1.165) is 31.4 Å². The molecule has 2 aromatic rings. The quantitative estimate of drug-likeness (QED) is 0.751. The molecule has 144 valence electrons. The average molecular weight is 386 g/mol. The minimum absolute atomic E-state index is 0.0156. The van der Waals surface area contributed by atoms with E-state index in [2.05, 4.69) is 43.3 Å². The Bertz CT molecular complexity index is 870. The Hall–Kier alpha value is -1.81. The Morgan fingerprint density at radius 2 is 2.15 bits per heavy atom. The maximum absolute atomic E-state index is 12.6. The van der Waals surface area contributed by atoms with Crippen LogP contribution in [0.1, 0.15) is 54.6 Å². The Morgan fingerprint density at radius 1 is 1.33 bits per heavy atom. The Labute approximate surface area is 166 Å². The van der Waals surface area contributed by atoms with Gasteiger partial charge in [-0.1, -0.05) is 32.0 Å². The molecule has 4 rings (SSSR count). The summed E-state index contributed by atoms with van der Waals surface area (Å²) >= 11 is 5.96. The fourth-order valence-electron chi connectivity index (χ4n) is 4.77. The maximum atomic E-state index is 12.6. The number of carbonyl (C=O) groups is 1. The normalized spacial score (nSPS) is 20.2. The van der Waals surface area contributed by atoms with Gasteiger partial charge in [-0.3, -0.25) is 9.48 Å². The summed E-state index contributed by atoms with van der Waals surface area (Å²) in [4.78, 5) is 14.6. The molecule has 1 amide bonds. The summed E-state index contributed by atoms with van der Waals surface area (Å²) in [6.07, 6.45) is 7.18. The van der Waals surface area contributed by atoms with Crippen LogP contribution in [0.5, 0.6) is 0 Å². The van der Waals surface area contributed by atoms with Crippen molar-refractivity contribution < 1.29 is 4.79 Å². The van der Waals surface area contributed by atoms with Gasteiger partial charge < -0.3 is 4.90 Å². The summed E-state index contributed by atoms with van der Waals surface area (Å²) in [5.74, 6) is 0.0469. The third-order valence-corrected chi connectivity index (χ3v) is 6.54. The highest BCUT2D eigenvalue weighted by Gasteiger charge is 2.31. The van der Waals surface area contributed by atoms with Gasteiger partial charge in [-0.25, -0.2) is 0 Å². The third-order valence-electron chi connectivity index (χ3n) is 6.31. The molecule has 2 aliphatic carbocycles. The van der Waals surface area contributed by atoms with Gasteiger partial charge >= 0.3 is 0 Å². The first-order chi connectivity index (χ1) is 12.9. The van der Waals surface area contributed by atoms with E-state index in [1.807, 2.05) is 16.6 Å². The predicted octanol–water partition coefficient (Wildman–Crippen LogP) is 3.77. The van der Waals surface area contributed by atoms with Gasteiger partial charge in [0, 0.05) is 32.3 Å². The van der Waals surface area contributed by atoms with Crippen LogP contribution < -0.4 is 0 Å². The van der Waals surface area contributed by atoms with Crippen molar-refractivity contribution in [1.82, 2.24) is 14.7 Å². The molecule has 1 aromatic heterocycles. The van der Waals surface area contributed by atoms with Crippen LogP contribution in [-0.4, -0.2) is 32.5 Å². The summed E-state index contributed by atoms with van der Waals surface area (Å²) in [6.45, 7) is 5.26. The lowest BCUT2D eigenvalue weighted by Gasteiger charge is -2.34. The number of hydrogen-bond acceptors (Lipinski definition) is 2. The van der Waals surface area contributed by atoms with Crippen molar-refractivity contribution in [1.29, 1.82) is 0 Å². The van der Waals surface area contributed by atoms with Crippen molar-refractivity contribution in [2.75, 3.05) is 5.88 Å². The number of aromatic nitrogens is 2. The van der Waals surface area contributed by atoms with Crippen LogP contribution in [0.2, 0.25) is 0 Å². The predicted molar refractivity (Wildman–Crippen MR) is 108 cm³/mol. The monoisotopic (exact) mass is 385 g/mol. The minimum atomic E-state index is 0.0156. The molecule has 1 aromatic carbocycles. The van der Waals surface area contributed by atoms with Gasteiger partial charge in [-0.05, 0) is 53.4 Å². The summed E-state index contributed by atoms with van der Waals surface area (Å²) in [5, 5.41) is 4.58. The van der Waals surface area contributed by atoms with Crippen molar-refractivity contribution >= 4 is 17.5 Å². The van der Waals surface area contributed by atoms with Gasteiger partial charge in [0.25, 0.3) is 0 Å². The molecule has 0 bridgehead atoms. The topological polar surface area (TPSA) is 38.1 Å². The lowest BCUT2D eigenvalue weighted by atomic mass is 9.86. The highest BCUT2D eigenvalue weighted by Crippen LogP contribution is 2.38. The molecule has 4 nitrogen and oxygen atoms in total. The van der Waals surface area contributed by atoms with E-state index in [9.17, 15) is 4.79 Å². The molecule has 27 heavy (non-hydrogen) atoms. The Morgan fingerprint density at radius 3 is 2.93 bits per heavy atom. The SMILES string of the molecule is Cn1cc2c(n1)CC(N(Cc1ccc3c(c1)CCC3(C)C)C(=O)CCl)CC2. The van der Waals surface area contributed by atoms with Crippen LogP contribution >= 0.6 is 11.6 Å². The van der Waals surface area contributed by atoms with Crippen LogP contribution in [-0.2, 0) is 43.1 Å². The van der Waals surface area contributed by atoms with Crippen LogP contribution in [0.15, 0.2) is 24.4 Å². The third kappa shape index (κ3) is 3.52. The average Bonchev–Trinajstić information content (AvgIpc) is 3.16. The molecule has 1 heterocycles. The molecular weight excluding hydrogens is 358 g/mol. The van der Waals surface area contributed by atoms with Gasteiger partial charge in [0.2, 0.25) is 5.91 Å². The van der Waals surface area contributed by atoms with E-state index < -0.39 is 0 Å². The second kappa shape index (κ2) is 6.97. The molecule has 0 saturated carbocycles. The van der Waals surface area contributed by atoms with Gasteiger partial charge in [0.05, 0.1) is 5.69 Å². The van der Waals surface area contributed by atoms with Crippen molar-refractivity contribution in [3.05, 3.63) is 52.3 Å². The Kier molecular flexibility index (Phi) is 4.79. The number of fused-ring (bicyclic) bond motifs is 2. The number of carbonyl (C=O) groups excluding carboxylic acids is 1.